The average molecular weight is 566 g/mol. The fraction of sp³-hybridized carbons (Fsp3) is 0. The highest BCUT2D eigenvalue weighted by molar-refractivity contribution is 8.19. The molecule has 0 aliphatic carbocycles. The molecular formula is C35H23N3OS2. The van der Waals surface area contributed by atoms with Gasteiger partial charge in [0.05, 0.1) is 10.6 Å². The molecule has 41 heavy (non-hydrogen) atoms. The Morgan fingerprint density at radius 2 is 0.878 bits per heavy atom. The Morgan fingerprint density at radius 1 is 0.512 bits per heavy atom. The summed E-state index contributed by atoms with van der Waals surface area (Å²) in [7, 11) is 0. The minimum Gasteiger partial charge on any atom is -0.339 e. The van der Waals surface area contributed by atoms with Crippen molar-refractivity contribution in [2.24, 2.45) is 0 Å². The topological polar surface area (TPSA) is 65.0 Å². The number of hydrogen-bond donors (Lipinski definition) is 3. The van der Waals surface area contributed by atoms with Gasteiger partial charge in [0, 0.05) is 22.3 Å². The summed E-state index contributed by atoms with van der Waals surface area (Å²) < 4.78 is 0. The highest BCUT2D eigenvalue weighted by Crippen LogP contribution is 2.53. The van der Waals surface area contributed by atoms with Crippen LogP contribution in [0.5, 0.6) is 0 Å². The van der Waals surface area contributed by atoms with Crippen LogP contribution in [0.15, 0.2) is 126 Å². The Morgan fingerprint density at radius 3 is 1.24 bits per heavy atom. The highest BCUT2D eigenvalue weighted by Gasteiger charge is 2.38. The number of amides is 1. The normalized spacial score (nSPS) is 16.0. The van der Waals surface area contributed by atoms with E-state index in [1.165, 1.54) is 0 Å². The predicted molar refractivity (Wildman–Crippen MR) is 174 cm³/mol. The SMILES string of the molecule is N=C1N/C(=C2/SC(=O)NC2=S)c2c1c(-c1ccccc1)c(-c1ccccc1)c(-c1ccccc1)c2-c1ccccc1. The summed E-state index contributed by atoms with van der Waals surface area (Å²) in [6.45, 7) is 0. The minimum atomic E-state index is -0.215. The number of rotatable bonds is 4. The molecule has 1 saturated heterocycles. The second kappa shape index (κ2) is 10.3. The number of carbonyl (C=O) groups is 1. The molecule has 0 radical (unpaired) electrons. The van der Waals surface area contributed by atoms with E-state index in [0.29, 0.717) is 15.6 Å². The highest BCUT2D eigenvalue weighted by atomic mass is 32.2. The molecule has 4 nitrogen and oxygen atoms in total. The lowest BCUT2D eigenvalue weighted by Crippen LogP contribution is -2.19. The van der Waals surface area contributed by atoms with Gasteiger partial charge in [-0.25, -0.2) is 0 Å². The zero-order chi connectivity index (χ0) is 27.9. The van der Waals surface area contributed by atoms with E-state index >= 15 is 0 Å². The van der Waals surface area contributed by atoms with Crippen molar-refractivity contribution in [1.82, 2.24) is 10.6 Å². The third-order valence-electron chi connectivity index (χ3n) is 7.34. The van der Waals surface area contributed by atoms with Gasteiger partial charge in [0.25, 0.3) is 5.24 Å². The van der Waals surface area contributed by atoms with Gasteiger partial charge in [-0.2, -0.15) is 0 Å². The van der Waals surface area contributed by atoms with Crippen LogP contribution >= 0.6 is 24.0 Å². The third kappa shape index (κ3) is 4.29. The number of nitrogens with one attached hydrogen (secondary N) is 3. The zero-order valence-corrected chi connectivity index (χ0v) is 23.4. The van der Waals surface area contributed by atoms with E-state index in [1.54, 1.807) is 0 Å². The molecule has 7 rings (SSSR count). The number of benzene rings is 5. The van der Waals surface area contributed by atoms with Gasteiger partial charge in [-0.15, -0.1) is 0 Å². The van der Waals surface area contributed by atoms with Gasteiger partial charge in [-0.05, 0) is 45.1 Å². The number of amidine groups is 1. The van der Waals surface area contributed by atoms with E-state index in [2.05, 4.69) is 83.4 Å². The molecular weight excluding hydrogens is 543 g/mol. The third-order valence-corrected chi connectivity index (χ3v) is 8.68. The average Bonchev–Trinajstić information content (AvgIpc) is 3.54. The molecule has 0 spiro atoms. The van der Waals surface area contributed by atoms with Gasteiger partial charge < -0.3 is 10.6 Å². The standard InChI is InChI=1S/C35H23N3OS2/c36-33-30-28(24-19-11-4-12-20-24)26(22-15-7-2-8-16-22)25(21-13-5-1-6-14-21)27(23-17-9-3-10-18-23)29(30)31(37-33)32-34(40)38-35(39)41-32/h1-20H,(H2,36,37)(H,38,39,40)/b32-31+. The number of thioether (sulfide) groups is 1. The van der Waals surface area contributed by atoms with Crippen molar-refractivity contribution in [3.8, 4) is 44.5 Å². The Bertz CT molecular complexity index is 1880. The molecule has 3 N–H and O–H groups in total. The first-order valence-corrected chi connectivity index (χ1v) is 14.4. The van der Waals surface area contributed by atoms with Crippen LogP contribution in [0.25, 0.3) is 50.2 Å². The molecule has 5 aromatic carbocycles. The molecule has 2 aliphatic rings. The van der Waals surface area contributed by atoms with E-state index < -0.39 is 0 Å². The van der Waals surface area contributed by atoms with Crippen LogP contribution < -0.4 is 10.6 Å². The van der Waals surface area contributed by atoms with Crippen molar-refractivity contribution in [3.63, 3.8) is 0 Å². The van der Waals surface area contributed by atoms with Crippen LogP contribution in [0.3, 0.4) is 0 Å². The second-order valence-corrected chi connectivity index (χ2v) is 11.2. The number of thiocarbonyl (C=S) groups is 1. The van der Waals surface area contributed by atoms with Crippen LogP contribution in [-0.4, -0.2) is 16.1 Å². The maximum Gasteiger partial charge on any atom is 0.289 e. The lowest BCUT2D eigenvalue weighted by molar-refractivity contribution is 0.265. The van der Waals surface area contributed by atoms with Crippen molar-refractivity contribution in [3.05, 3.63) is 137 Å². The number of fused-ring (bicyclic) bond motifs is 1. The van der Waals surface area contributed by atoms with Crippen LogP contribution in [0, 0.1) is 5.41 Å². The van der Waals surface area contributed by atoms with Gasteiger partial charge in [0.15, 0.2) is 0 Å². The summed E-state index contributed by atoms with van der Waals surface area (Å²) >= 11 is 6.69. The Labute approximate surface area is 247 Å². The summed E-state index contributed by atoms with van der Waals surface area (Å²) in [6.07, 6.45) is 0. The quantitative estimate of drug-likeness (QED) is 0.151. The van der Waals surface area contributed by atoms with Crippen molar-refractivity contribution >= 4 is 45.7 Å². The van der Waals surface area contributed by atoms with Gasteiger partial charge >= 0.3 is 0 Å². The van der Waals surface area contributed by atoms with Crippen molar-refractivity contribution in [1.29, 1.82) is 5.41 Å². The van der Waals surface area contributed by atoms with E-state index in [1.807, 2.05) is 48.5 Å². The predicted octanol–water partition coefficient (Wildman–Crippen LogP) is 8.74. The van der Waals surface area contributed by atoms with Crippen molar-refractivity contribution in [2.45, 2.75) is 0 Å². The Kier molecular flexibility index (Phi) is 6.34. The molecule has 2 heterocycles. The Balaban J connectivity index is 1.76. The van der Waals surface area contributed by atoms with E-state index in [0.717, 1.165) is 67.4 Å². The summed E-state index contributed by atoms with van der Waals surface area (Å²) in [5.41, 5.74) is 10.6. The maximum atomic E-state index is 12.4. The Hall–Kier alpha value is -4.78. The van der Waals surface area contributed by atoms with E-state index in [-0.39, 0.29) is 11.1 Å². The smallest absolute Gasteiger partial charge is 0.289 e. The largest absolute Gasteiger partial charge is 0.339 e. The fourth-order valence-electron chi connectivity index (χ4n) is 5.72. The van der Waals surface area contributed by atoms with Crippen LogP contribution in [0.4, 0.5) is 4.79 Å². The molecule has 5 aromatic rings. The van der Waals surface area contributed by atoms with E-state index in [4.69, 9.17) is 12.2 Å². The lowest BCUT2D eigenvalue weighted by Gasteiger charge is -2.25. The molecule has 0 atom stereocenters. The molecule has 2 aliphatic heterocycles. The lowest BCUT2D eigenvalue weighted by atomic mass is 9.77. The van der Waals surface area contributed by atoms with Gasteiger partial charge in [0.1, 0.15) is 10.8 Å². The first-order valence-electron chi connectivity index (χ1n) is 13.2. The molecule has 0 unspecified atom stereocenters. The van der Waals surface area contributed by atoms with Crippen molar-refractivity contribution < 1.29 is 4.79 Å². The summed E-state index contributed by atoms with van der Waals surface area (Å²) in [4.78, 5) is 13.4. The molecule has 196 valence electrons. The monoisotopic (exact) mass is 565 g/mol. The van der Waals surface area contributed by atoms with E-state index in [9.17, 15) is 10.2 Å². The maximum absolute atomic E-state index is 12.4. The molecule has 0 bridgehead atoms. The molecule has 6 heteroatoms. The summed E-state index contributed by atoms with van der Waals surface area (Å²) in [6, 6.07) is 41.3. The molecule has 0 saturated carbocycles. The summed E-state index contributed by atoms with van der Waals surface area (Å²) in [5.74, 6) is 0.276. The van der Waals surface area contributed by atoms with Crippen molar-refractivity contribution in [2.75, 3.05) is 0 Å². The molecule has 0 aromatic heterocycles. The molecule has 1 fully saturated rings. The molecule has 1 amide bonds. The van der Waals surface area contributed by atoms with Gasteiger partial charge in [-0.1, -0.05) is 134 Å². The van der Waals surface area contributed by atoms with Gasteiger partial charge in [0.2, 0.25) is 0 Å². The second-order valence-electron chi connectivity index (χ2n) is 9.76. The number of carbonyl (C=O) groups excluding carboxylic acids is 1. The van der Waals surface area contributed by atoms with Crippen LogP contribution in [-0.2, 0) is 0 Å². The van der Waals surface area contributed by atoms with Crippen LogP contribution in [0.1, 0.15) is 11.1 Å². The summed E-state index contributed by atoms with van der Waals surface area (Å²) in [5, 5.41) is 15.2. The first kappa shape index (κ1) is 25.2. The van der Waals surface area contributed by atoms with Gasteiger partial charge in [-0.3, -0.25) is 10.2 Å². The van der Waals surface area contributed by atoms with Crippen LogP contribution in [0.2, 0.25) is 0 Å². The fourth-order valence-corrected chi connectivity index (χ4v) is 6.84. The zero-order valence-electron chi connectivity index (χ0n) is 21.8. The minimum absolute atomic E-state index is 0.215. The first-order chi connectivity index (χ1) is 20.1. The number of hydrogen-bond acceptors (Lipinski definition) is 4.